The molecule has 3 aromatic rings. The quantitative estimate of drug-likeness (QED) is 0.519. The summed E-state index contributed by atoms with van der Waals surface area (Å²) in [5, 5.41) is 12.1. The Balaban J connectivity index is 1.66. The number of aliphatic carboxylic acids is 1. The Hall–Kier alpha value is -3.09. The third-order valence-corrected chi connectivity index (χ3v) is 6.22. The molecule has 1 amide bonds. The first-order valence-corrected chi connectivity index (χ1v) is 11.5. The smallest absolute Gasteiger partial charge is 0.326 e. The van der Waals surface area contributed by atoms with Crippen LogP contribution in [-0.4, -0.2) is 32.6 Å². The van der Waals surface area contributed by atoms with E-state index in [0.717, 1.165) is 35.3 Å². The molecular weight excluding hydrogens is 406 g/mol. The zero-order valence-corrected chi connectivity index (χ0v) is 18.7. The summed E-state index contributed by atoms with van der Waals surface area (Å²) in [5.41, 5.74) is 3.27. The van der Waals surface area contributed by atoms with Gasteiger partial charge in [0.15, 0.2) is 0 Å². The highest BCUT2D eigenvalue weighted by molar-refractivity contribution is 5.99. The molecule has 1 aliphatic carbocycles. The first-order chi connectivity index (χ1) is 15.4. The van der Waals surface area contributed by atoms with Gasteiger partial charge in [0.2, 0.25) is 0 Å². The van der Waals surface area contributed by atoms with E-state index >= 15 is 0 Å². The SMILES string of the molecule is CC(C)C[C@H](NC(=O)c1ccc2c(c1)nc(Cc1ccoc1)n2C1CCCCC1)C(=O)O. The molecule has 1 aliphatic rings. The number of hydrogen-bond acceptors (Lipinski definition) is 4. The molecule has 1 atom stereocenters. The van der Waals surface area contributed by atoms with Gasteiger partial charge in [-0.05, 0) is 55.0 Å². The topological polar surface area (TPSA) is 97.4 Å². The largest absolute Gasteiger partial charge is 0.480 e. The minimum atomic E-state index is -1.02. The molecule has 2 aromatic heterocycles. The molecule has 4 rings (SSSR count). The average Bonchev–Trinajstić information content (AvgIpc) is 3.40. The molecule has 1 saturated carbocycles. The summed E-state index contributed by atoms with van der Waals surface area (Å²) in [7, 11) is 0. The fourth-order valence-electron chi connectivity index (χ4n) is 4.67. The van der Waals surface area contributed by atoms with Crippen LogP contribution in [-0.2, 0) is 11.2 Å². The highest BCUT2D eigenvalue weighted by atomic mass is 16.4. The van der Waals surface area contributed by atoms with Crippen molar-refractivity contribution in [3.05, 3.63) is 53.7 Å². The Kier molecular flexibility index (Phi) is 6.63. The lowest BCUT2D eigenvalue weighted by atomic mass is 9.95. The Morgan fingerprint density at radius 1 is 1.22 bits per heavy atom. The van der Waals surface area contributed by atoms with Crippen LogP contribution in [0, 0.1) is 5.92 Å². The van der Waals surface area contributed by atoms with Crippen LogP contribution in [0.3, 0.4) is 0 Å². The van der Waals surface area contributed by atoms with E-state index in [-0.39, 0.29) is 11.8 Å². The van der Waals surface area contributed by atoms with Crippen molar-refractivity contribution in [2.45, 2.75) is 70.9 Å². The number of aromatic nitrogens is 2. The zero-order chi connectivity index (χ0) is 22.7. The van der Waals surface area contributed by atoms with Crippen LogP contribution in [0.1, 0.15) is 80.2 Å². The van der Waals surface area contributed by atoms with E-state index in [0.29, 0.717) is 24.4 Å². The first kappa shape index (κ1) is 22.1. The van der Waals surface area contributed by atoms with Gasteiger partial charge >= 0.3 is 5.97 Å². The van der Waals surface area contributed by atoms with Crippen molar-refractivity contribution in [3.8, 4) is 0 Å². The maximum Gasteiger partial charge on any atom is 0.326 e. The molecular formula is C25H31N3O4. The molecule has 0 bridgehead atoms. The number of carboxylic acid groups (broad SMARTS) is 1. The van der Waals surface area contributed by atoms with E-state index < -0.39 is 12.0 Å². The molecule has 1 fully saturated rings. The predicted molar refractivity (Wildman–Crippen MR) is 122 cm³/mol. The number of rotatable bonds is 8. The van der Waals surface area contributed by atoms with Gasteiger partial charge in [-0.1, -0.05) is 33.1 Å². The van der Waals surface area contributed by atoms with E-state index in [1.165, 1.54) is 19.3 Å². The van der Waals surface area contributed by atoms with Gasteiger partial charge in [0.25, 0.3) is 5.91 Å². The molecule has 0 spiro atoms. The molecule has 1 aromatic carbocycles. The molecule has 32 heavy (non-hydrogen) atoms. The minimum Gasteiger partial charge on any atom is -0.480 e. The molecule has 0 unspecified atom stereocenters. The van der Waals surface area contributed by atoms with Gasteiger partial charge in [0.05, 0.1) is 23.6 Å². The number of imidazole rings is 1. The number of carbonyl (C=O) groups is 2. The van der Waals surface area contributed by atoms with Crippen molar-refractivity contribution >= 4 is 22.9 Å². The van der Waals surface area contributed by atoms with Gasteiger partial charge in [-0.3, -0.25) is 4.79 Å². The molecule has 170 valence electrons. The van der Waals surface area contributed by atoms with Crippen molar-refractivity contribution in [1.82, 2.24) is 14.9 Å². The van der Waals surface area contributed by atoms with Crippen molar-refractivity contribution < 1.29 is 19.1 Å². The first-order valence-electron chi connectivity index (χ1n) is 11.5. The third-order valence-electron chi connectivity index (χ3n) is 6.22. The fraction of sp³-hybridized carbons (Fsp3) is 0.480. The van der Waals surface area contributed by atoms with Crippen LogP contribution in [0.25, 0.3) is 11.0 Å². The lowest BCUT2D eigenvalue weighted by molar-refractivity contribution is -0.139. The minimum absolute atomic E-state index is 0.163. The number of hydrogen-bond donors (Lipinski definition) is 2. The number of furan rings is 1. The number of nitrogens with one attached hydrogen (secondary N) is 1. The number of carboxylic acids is 1. The summed E-state index contributed by atoms with van der Waals surface area (Å²) >= 11 is 0. The van der Waals surface area contributed by atoms with Crippen molar-refractivity contribution in [2.75, 3.05) is 0 Å². The lowest BCUT2D eigenvalue weighted by Crippen LogP contribution is -2.41. The number of benzene rings is 1. The van der Waals surface area contributed by atoms with Crippen LogP contribution in [0.4, 0.5) is 0 Å². The summed E-state index contributed by atoms with van der Waals surface area (Å²) < 4.78 is 7.58. The van der Waals surface area contributed by atoms with Crippen LogP contribution in [0.2, 0.25) is 0 Å². The summed E-state index contributed by atoms with van der Waals surface area (Å²) in [6.45, 7) is 3.88. The average molecular weight is 438 g/mol. The highest BCUT2D eigenvalue weighted by Gasteiger charge is 2.24. The molecule has 2 heterocycles. The molecule has 0 aliphatic heterocycles. The van der Waals surface area contributed by atoms with E-state index in [4.69, 9.17) is 9.40 Å². The van der Waals surface area contributed by atoms with Gasteiger partial charge in [-0.2, -0.15) is 0 Å². The van der Waals surface area contributed by atoms with Crippen molar-refractivity contribution in [1.29, 1.82) is 0 Å². The maximum absolute atomic E-state index is 12.8. The predicted octanol–water partition coefficient (Wildman–Crippen LogP) is 4.95. The highest BCUT2D eigenvalue weighted by Crippen LogP contribution is 2.33. The van der Waals surface area contributed by atoms with E-state index in [2.05, 4.69) is 9.88 Å². The number of fused-ring (bicyclic) bond motifs is 1. The number of carbonyl (C=O) groups excluding carboxylic acids is 1. The third kappa shape index (κ3) is 4.87. The second-order valence-electron chi connectivity index (χ2n) is 9.20. The summed E-state index contributed by atoms with van der Waals surface area (Å²) in [6.07, 6.45) is 10.4. The molecule has 7 nitrogen and oxygen atoms in total. The van der Waals surface area contributed by atoms with E-state index in [1.54, 1.807) is 24.7 Å². The molecule has 0 radical (unpaired) electrons. The van der Waals surface area contributed by atoms with Crippen LogP contribution in [0.5, 0.6) is 0 Å². The monoisotopic (exact) mass is 437 g/mol. The van der Waals surface area contributed by atoms with Crippen molar-refractivity contribution in [3.63, 3.8) is 0 Å². The van der Waals surface area contributed by atoms with Gasteiger partial charge in [0, 0.05) is 18.0 Å². The van der Waals surface area contributed by atoms with Crippen LogP contribution < -0.4 is 5.32 Å². The van der Waals surface area contributed by atoms with Crippen LogP contribution in [0.15, 0.2) is 41.2 Å². The molecule has 0 saturated heterocycles. The summed E-state index contributed by atoms with van der Waals surface area (Å²) in [5.74, 6) is -0.273. The van der Waals surface area contributed by atoms with E-state index in [9.17, 15) is 14.7 Å². The second kappa shape index (κ2) is 9.59. The van der Waals surface area contributed by atoms with Gasteiger partial charge < -0.3 is 19.4 Å². The molecule has 7 heteroatoms. The van der Waals surface area contributed by atoms with Gasteiger partial charge in [-0.15, -0.1) is 0 Å². The molecule has 2 N–H and O–H groups in total. The summed E-state index contributed by atoms with van der Waals surface area (Å²) in [4.78, 5) is 29.3. The Morgan fingerprint density at radius 2 is 2.00 bits per heavy atom. The summed E-state index contributed by atoms with van der Waals surface area (Å²) in [6, 6.07) is 6.94. The van der Waals surface area contributed by atoms with Gasteiger partial charge in [-0.25, -0.2) is 9.78 Å². The van der Waals surface area contributed by atoms with E-state index in [1.807, 2.05) is 26.0 Å². The van der Waals surface area contributed by atoms with Gasteiger partial charge in [0.1, 0.15) is 11.9 Å². The fourth-order valence-corrected chi connectivity index (χ4v) is 4.67. The van der Waals surface area contributed by atoms with Crippen LogP contribution >= 0.6 is 0 Å². The number of amides is 1. The Labute approximate surface area is 187 Å². The standard InChI is InChI=1S/C25H31N3O4/c1-16(2)12-21(25(30)31)27-24(29)18-8-9-22-20(14-18)26-23(13-17-10-11-32-15-17)28(22)19-6-4-3-5-7-19/h8-11,14-16,19,21H,3-7,12-13H2,1-2H3,(H,27,29)(H,30,31)/t21-/m0/s1. The number of nitrogens with zero attached hydrogens (tertiary/aromatic N) is 2. The normalized spacial score (nSPS) is 15.8. The zero-order valence-electron chi connectivity index (χ0n) is 18.7. The Bertz CT molecular complexity index is 1080. The second-order valence-corrected chi connectivity index (χ2v) is 9.20. The Morgan fingerprint density at radius 3 is 2.66 bits per heavy atom. The van der Waals surface area contributed by atoms with Crippen molar-refractivity contribution in [2.24, 2.45) is 5.92 Å². The maximum atomic E-state index is 12.8. The lowest BCUT2D eigenvalue weighted by Gasteiger charge is -2.25.